The summed E-state index contributed by atoms with van der Waals surface area (Å²) in [6.45, 7) is 7.37. The summed E-state index contributed by atoms with van der Waals surface area (Å²) in [4.78, 5) is 2.58. The van der Waals surface area contributed by atoms with Crippen molar-refractivity contribution < 1.29 is 0 Å². The summed E-state index contributed by atoms with van der Waals surface area (Å²) in [5.74, 6) is 0.388. The molecule has 0 spiro atoms. The molecule has 2 unspecified atom stereocenters. The van der Waals surface area contributed by atoms with E-state index in [0.29, 0.717) is 18.5 Å². The molecule has 1 aliphatic rings. The van der Waals surface area contributed by atoms with Gasteiger partial charge in [-0.1, -0.05) is 30.2 Å². The minimum Gasteiger partial charge on any atom is -0.330 e. The molecule has 1 aromatic carbocycles. The molecule has 1 fully saturated rings. The first-order valence-corrected chi connectivity index (χ1v) is 7.70. The average molecular weight is 281 g/mol. The molecule has 2 rings (SSSR count). The van der Waals surface area contributed by atoms with Crippen molar-refractivity contribution in [2.45, 2.75) is 45.1 Å². The molecule has 0 amide bonds. The predicted octanol–water partition coefficient (Wildman–Crippen LogP) is 3.57. The lowest BCUT2D eigenvalue weighted by atomic mass is 9.92. The van der Waals surface area contributed by atoms with Crippen molar-refractivity contribution in [1.82, 2.24) is 4.90 Å². The largest absolute Gasteiger partial charge is 0.330 e. The third-order valence-electron chi connectivity index (χ3n) is 4.43. The highest BCUT2D eigenvalue weighted by molar-refractivity contribution is 6.31. The molecule has 0 aromatic heterocycles. The minimum atomic E-state index is 0.388. The Morgan fingerprint density at radius 1 is 1.42 bits per heavy atom. The fraction of sp³-hybridized carbons (Fsp3) is 0.625. The summed E-state index contributed by atoms with van der Waals surface area (Å²) in [5, 5.41) is 0.850. The van der Waals surface area contributed by atoms with Crippen LogP contribution in [0.2, 0.25) is 5.02 Å². The Balaban J connectivity index is 2.13. The van der Waals surface area contributed by atoms with E-state index in [1.165, 1.54) is 36.9 Å². The summed E-state index contributed by atoms with van der Waals surface area (Å²) in [6, 6.07) is 6.85. The molecule has 3 heteroatoms. The first-order chi connectivity index (χ1) is 9.13. The predicted molar refractivity (Wildman–Crippen MR) is 82.9 cm³/mol. The fourth-order valence-corrected chi connectivity index (χ4v) is 3.26. The van der Waals surface area contributed by atoms with E-state index in [-0.39, 0.29) is 0 Å². The van der Waals surface area contributed by atoms with Gasteiger partial charge in [0.05, 0.1) is 0 Å². The van der Waals surface area contributed by atoms with Gasteiger partial charge in [-0.25, -0.2) is 0 Å². The highest BCUT2D eigenvalue weighted by atomic mass is 35.5. The maximum Gasteiger partial charge on any atom is 0.0438 e. The van der Waals surface area contributed by atoms with Gasteiger partial charge < -0.3 is 10.6 Å². The van der Waals surface area contributed by atoms with Crippen LogP contribution in [0.5, 0.6) is 0 Å². The number of halogens is 1. The fourth-order valence-electron chi connectivity index (χ4n) is 3.08. The molecule has 2 nitrogen and oxygen atoms in total. The molecule has 1 aromatic rings. The first kappa shape index (κ1) is 14.8. The second kappa shape index (κ2) is 6.74. The molecular weight excluding hydrogens is 256 g/mol. The minimum absolute atomic E-state index is 0.388. The monoisotopic (exact) mass is 280 g/mol. The van der Waals surface area contributed by atoms with E-state index < -0.39 is 0 Å². The van der Waals surface area contributed by atoms with Crippen molar-refractivity contribution in [2.24, 2.45) is 5.73 Å². The van der Waals surface area contributed by atoms with Gasteiger partial charge in [0.1, 0.15) is 0 Å². The lowest BCUT2D eigenvalue weighted by Crippen LogP contribution is -2.41. The van der Waals surface area contributed by atoms with Gasteiger partial charge in [-0.15, -0.1) is 0 Å². The number of benzene rings is 1. The standard InChI is InChI=1S/C16H25ClN2/c1-12-6-3-4-9-19(12)11-14(10-18)15-7-5-8-16(17)13(15)2/h5,7-8,12,14H,3-4,6,9-11,18H2,1-2H3. The molecule has 106 valence electrons. The Hall–Kier alpha value is -0.570. The second-order valence-electron chi connectivity index (χ2n) is 5.73. The normalized spacial score (nSPS) is 22.4. The van der Waals surface area contributed by atoms with Crippen molar-refractivity contribution in [1.29, 1.82) is 0 Å². The highest BCUT2D eigenvalue weighted by Gasteiger charge is 2.23. The third kappa shape index (κ3) is 3.50. The lowest BCUT2D eigenvalue weighted by molar-refractivity contribution is 0.151. The molecule has 0 radical (unpaired) electrons. The SMILES string of the molecule is Cc1c(Cl)cccc1C(CN)CN1CCCCC1C. The van der Waals surface area contributed by atoms with E-state index in [4.69, 9.17) is 17.3 Å². The molecule has 2 atom stereocenters. The van der Waals surface area contributed by atoms with E-state index in [9.17, 15) is 0 Å². The molecule has 0 aliphatic carbocycles. The number of nitrogens with zero attached hydrogens (tertiary/aromatic N) is 1. The van der Waals surface area contributed by atoms with Crippen LogP contribution in [-0.4, -0.2) is 30.6 Å². The van der Waals surface area contributed by atoms with E-state index in [0.717, 1.165) is 11.6 Å². The Kier molecular flexibility index (Phi) is 5.26. The van der Waals surface area contributed by atoms with E-state index in [2.05, 4.69) is 24.8 Å². The number of nitrogens with two attached hydrogens (primary N) is 1. The molecule has 1 aliphatic heterocycles. The summed E-state index contributed by atoms with van der Waals surface area (Å²) in [7, 11) is 0. The van der Waals surface area contributed by atoms with Crippen LogP contribution in [0.1, 0.15) is 43.2 Å². The van der Waals surface area contributed by atoms with Gasteiger partial charge in [0.2, 0.25) is 0 Å². The molecule has 0 saturated carbocycles. The van der Waals surface area contributed by atoms with E-state index >= 15 is 0 Å². The van der Waals surface area contributed by atoms with Gasteiger partial charge in [-0.3, -0.25) is 0 Å². The summed E-state index contributed by atoms with van der Waals surface area (Å²) < 4.78 is 0. The molecule has 1 heterocycles. The number of hydrogen-bond donors (Lipinski definition) is 1. The van der Waals surface area contributed by atoms with Crippen molar-refractivity contribution in [3.63, 3.8) is 0 Å². The molecule has 19 heavy (non-hydrogen) atoms. The lowest BCUT2D eigenvalue weighted by Gasteiger charge is -2.36. The second-order valence-corrected chi connectivity index (χ2v) is 6.13. The van der Waals surface area contributed by atoms with Crippen LogP contribution in [0.15, 0.2) is 18.2 Å². The quantitative estimate of drug-likeness (QED) is 0.914. The van der Waals surface area contributed by atoms with Crippen LogP contribution in [0.4, 0.5) is 0 Å². The van der Waals surface area contributed by atoms with Crippen LogP contribution in [0, 0.1) is 6.92 Å². The van der Waals surface area contributed by atoms with Crippen molar-refractivity contribution >= 4 is 11.6 Å². The molecule has 1 saturated heterocycles. The average Bonchev–Trinajstić information content (AvgIpc) is 2.41. The maximum absolute atomic E-state index is 6.23. The maximum atomic E-state index is 6.23. The zero-order valence-electron chi connectivity index (χ0n) is 12.0. The van der Waals surface area contributed by atoms with Gasteiger partial charge in [0.15, 0.2) is 0 Å². The summed E-state index contributed by atoms with van der Waals surface area (Å²) in [5.41, 5.74) is 8.51. The van der Waals surface area contributed by atoms with Gasteiger partial charge in [-0.05, 0) is 50.4 Å². The van der Waals surface area contributed by atoms with Crippen molar-refractivity contribution in [2.75, 3.05) is 19.6 Å². The van der Waals surface area contributed by atoms with Crippen LogP contribution in [-0.2, 0) is 0 Å². The zero-order chi connectivity index (χ0) is 13.8. The highest BCUT2D eigenvalue weighted by Crippen LogP contribution is 2.27. The van der Waals surface area contributed by atoms with Gasteiger partial charge in [0.25, 0.3) is 0 Å². The zero-order valence-corrected chi connectivity index (χ0v) is 12.8. The Bertz CT molecular complexity index is 419. The number of likely N-dealkylation sites (tertiary alicyclic amines) is 1. The van der Waals surface area contributed by atoms with Crippen LogP contribution >= 0.6 is 11.6 Å². The Morgan fingerprint density at radius 2 is 2.21 bits per heavy atom. The molecule has 0 bridgehead atoms. The first-order valence-electron chi connectivity index (χ1n) is 7.32. The van der Waals surface area contributed by atoms with Crippen LogP contribution in [0.25, 0.3) is 0 Å². The third-order valence-corrected chi connectivity index (χ3v) is 4.84. The Labute approximate surface area is 121 Å². The summed E-state index contributed by atoms with van der Waals surface area (Å²) in [6.07, 6.45) is 3.99. The molecular formula is C16H25ClN2. The summed E-state index contributed by atoms with van der Waals surface area (Å²) >= 11 is 6.23. The van der Waals surface area contributed by atoms with Gasteiger partial charge in [-0.2, -0.15) is 0 Å². The van der Waals surface area contributed by atoms with Crippen molar-refractivity contribution in [3.8, 4) is 0 Å². The Morgan fingerprint density at radius 3 is 2.89 bits per heavy atom. The number of hydrogen-bond acceptors (Lipinski definition) is 2. The van der Waals surface area contributed by atoms with E-state index in [1.54, 1.807) is 0 Å². The molecule has 2 N–H and O–H groups in total. The van der Waals surface area contributed by atoms with Crippen LogP contribution < -0.4 is 5.73 Å². The van der Waals surface area contributed by atoms with Gasteiger partial charge in [0, 0.05) is 30.1 Å². The van der Waals surface area contributed by atoms with Crippen molar-refractivity contribution in [3.05, 3.63) is 34.3 Å². The topological polar surface area (TPSA) is 29.3 Å². The number of rotatable bonds is 4. The van der Waals surface area contributed by atoms with Crippen LogP contribution in [0.3, 0.4) is 0 Å². The number of piperidine rings is 1. The van der Waals surface area contributed by atoms with E-state index in [1.807, 2.05) is 12.1 Å². The van der Waals surface area contributed by atoms with Gasteiger partial charge >= 0.3 is 0 Å². The smallest absolute Gasteiger partial charge is 0.0438 e.